The van der Waals surface area contributed by atoms with Gasteiger partial charge < -0.3 is 0 Å². The van der Waals surface area contributed by atoms with E-state index in [9.17, 15) is 4.79 Å². The van der Waals surface area contributed by atoms with E-state index < -0.39 is 0 Å². The molecule has 0 saturated heterocycles. The average Bonchev–Trinajstić information content (AvgIpc) is 3.49. The number of pyridine rings is 1. The Labute approximate surface area is 224 Å². The maximum atomic E-state index is 13.9. The van der Waals surface area contributed by atoms with Crippen molar-refractivity contribution in [2.75, 3.05) is 0 Å². The lowest BCUT2D eigenvalue weighted by Gasteiger charge is -2.29. The van der Waals surface area contributed by atoms with Gasteiger partial charge in [0.05, 0.1) is 12.2 Å². The number of rotatable bonds is 9. The van der Waals surface area contributed by atoms with Crippen molar-refractivity contribution >= 4 is 0 Å². The lowest BCUT2D eigenvalue weighted by atomic mass is 9.84. The third-order valence-electron chi connectivity index (χ3n) is 8.05. The van der Waals surface area contributed by atoms with Gasteiger partial charge in [-0.3, -0.25) is 14.1 Å². The highest BCUT2D eigenvalue weighted by atomic mass is 16.1. The summed E-state index contributed by atoms with van der Waals surface area (Å²) in [4.78, 5) is 18.6. The number of aryl methyl sites for hydroxylation is 1. The molecule has 1 fully saturated rings. The summed E-state index contributed by atoms with van der Waals surface area (Å²) in [7, 11) is 0. The van der Waals surface area contributed by atoms with Crippen LogP contribution in [-0.4, -0.2) is 34.7 Å². The fraction of sp³-hybridized carbons (Fsp3) is 0.500. The summed E-state index contributed by atoms with van der Waals surface area (Å²) in [5.41, 5.74) is 5.10. The average molecular weight is 514 g/mol. The molecular weight excluding hydrogens is 474 g/mol. The van der Waals surface area contributed by atoms with Gasteiger partial charge in [-0.15, -0.1) is 10.2 Å². The molecule has 38 heavy (non-hydrogen) atoms. The first-order valence-electron chi connectivity index (χ1n) is 14.1. The third-order valence-corrected chi connectivity index (χ3v) is 8.05. The minimum absolute atomic E-state index is 0.111. The Morgan fingerprint density at radius 3 is 2.66 bits per heavy atom. The molecule has 3 heterocycles. The van der Waals surface area contributed by atoms with Crippen LogP contribution in [0, 0.1) is 11.8 Å². The second-order valence-electron chi connectivity index (χ2n) is 11.0. The van der Waals surface area contributed by atoms with Gasteiger partial charge >= 0.3 is 5.69 Å². The number of hydrogen-bond acceptors (Lipinski definition) is 5. The van der Waals surface area contributed by atoms with Crippen LogP contribution in [0.3, 0.4) is 0 Å². The van der Waals surface area contributed by atoms with Crippen LogP contribution in [0.1, 0.15) is 83.1 Å². The number of H-pyrrole nitrogens is 1. The molecule has 0 aliphatic heterocycles. The molecule has 2 atom stereocenters. The number of aromatic amines is 1. The molecule has 2 unspecified atom stereocenters. The Kier molecular flexibility index (Phi) is 8.15. The quantitative estimate of drug-likeness (QED) is 0.275. The van der Waals surface area contributed by atoms with E-state index in [2.05, 4.69) is 75.3 Å². The summed E-state index contributed by atoms with van der Waals surface area (Å²) in [5.74, 6) is 1.67. The lowest BCUT2D eigenvalue weighted by Crippen LogP contribution is -2.33. The second-order valence-corrected chi connectivity index (χ2v) is 11.0. The highest BCUT2D eigenvalue weighted by molar-refractivity contribution is 5.70. The van der Waals surface area contributed by atoms with Crippen molar-refractivity contribution in [3.63, 3.8) is 0 Å². The molecule has 8 nitrogen and oxygen atoms in total. The second kappa shape index (κ2) is 11.9. The molecule has 1 saturated carbocycles. The van der Waals surface area contributed by atoms with Gasteiger partial charge in [-0.2, -0.15) is 5.21 Å². The topological polar surface area (TPSA) is 94.3 Å². The largest absolute Gasteiger partial charge is 0.328 e. The normalized spacial score (nSPS) is 18.1. The van der Waals surface area contributed by atoms with Crippen molar-refractivity contribution in [2.24, 2.45) is 11.8 Å². The van der Waals surface area contributed by atoms with E-state index >= 15 is 0 Å². The summed E-state index contributed by atoms with van der Waals surface area (Å²) >= 11 is 0. The van der Waals surface area contributed by atoms with E-state index in [1.165, 1.54) is 25.7 Å². The smallest absolute Gasteiger partial charge is 0.296 e. The van der Waals surface area contributed by atoms with Crippen LogP contribution in [0.4, 0.5) is 0 Å². The molecule has 0 amide bonds. The predicted octanol–water partition coefficient (Wildman–Crippen LogP) is 6.06. The van der Waals surface area contributed by atoms with Crippen LogP contribution in [0.15, 0.2) is 53.6 Å². The van der Waals surface area contributed by atoms with E-state index in [0.717, 1.165) is 53.8 Å². The van der Waals surface area contributed by atoms with Crippen molar-refractivity contribution in [1.82, 2.24) is 34.7 Å². The number of imidazole rings is 1. The minimum atomic E-state index is 0.111. The summed E-state index contributed by atoms with van der Waals surface area (Å²) in [6.45, 7) is 7.30. The molecule has 5 rings (SSSR count). The molecule has 3 aromatic heterocycles. The Morgan fingerprint density at radius 2 is 1.87 bits per heavy atom. The molecule has 8 heteroatoms. The van der Waals surface area contributed by atoms with Gasteiger partial charge in [0.2, 0.25) is 5.82 Å². The highest BCUT2D eigenvalue weighted by Gasteiger charge is 2.30. The molecule has 0 radical (unpaired) electrons. The van der Waals surface area contributed by atoms with Crippen molar-refractivity contribution in [3.8, 4) is 22.5 Å². The molecule has 0 bridgehead atoms. The van der Waals surface area contributed by atoms with Gasteiger partial charge in [0.25, 0.3) is 0 Å². The number of aromatic nitrogens is 7. The summed E-state index contributed by atoms with van der Waals surface area (Å²) in [6.07, 6.45) is 13.1. The van der Waals surface area contributed by atoms with Crippen LogP contribution < -0.4 is 5.69 Å². The molecular formula is C30H39N7O. The number of unbranched alkanes of at least 4 members (excludes halogenated alkanes) is 1. The van der Waals surface area contributed by atoms with Gasteiger partial charge in [0, 0.05) is 29.7 Å². The van der Waals surface area contributed by atoms with Crippen molar-refractivity contribution in [2.45, 2.75) is 84.7 Å². The van der Waals surface area contributed by atoms with Crippen LogP contribution in [-0.2, 0) is 13.0 Å². The van der Waals surface area contributed by atoms with Gasteiger partial charge in [-0.05, 0) is 72.1 Å². The SMILES string of the molecule is CCCCc1cn(C2CCCCCC2C(C)C)c(=O)n1Cc1cc(-c2cccc(-c3nn[nH]n3)c2)ccn1. The predicted molar refractivity (Wildman–Crippen MR) is 150 cm³/mol. The Morgan fingerprint density at radius 1 is 1.05 bits per heavy atom. The van der Waals surface area contributed by atoms with Gasteiger partial charge in [-0.25, -0.2) is 4.79 Å². The minimum Gasteiger partial charge on any atom is -0.296 e. The number of nitrogens with zero attached hydrogens (tertiary/aromatic N) is 6. The van der Waals surface area contributed by atoms with Crippen molar-refractivity contribution in [3.05, 3.63) is 70.7 Å². The van der Waals surface area contributed by atoms with Crippen molar-refractivity contribution in [1.29, 1.82) is 0 Å². The van der Waals surface area contributed by atoms with Crippen molar-refractivity contribution < 1.29 is 0 Å². The molecule has 0 spiro atoms. The molecule has 1 aliphatic carbocycles. The summed E-state index contributed by atoms with van der Waals surface area (Å²) < 4.78 is 4.05. The van der Waals surface area contributed by atoms with Crippen LogP contribution in [0.2, 0.25) is 0 Å². The first-order chi connectivity index (χ1) is 18.5. The van der Waals surface area contributed by atoms with E-state index in [4.69, 9.17) is 0 Å². The molecule has 1 aliphatic rings. The van der Waals surface area contributed by atoms with E-state index in [0.29, 0.717) is 24.2 Å². The van der Waals surface area contributed by atoms with Crippen LogP contribution in [0.5, 0.6) is 0 Å². The Balaban J connectivity index is 1.47. The maximum Gasteiger partial charge on any atom is 0.328 e. The molecule has 1 N–H and O–H groups in total. The van der Waals surface area contributed by atoms with Crippen LogP contribution >= 0.6 is 0 Å². The highest BCUT2D eigenvalue weighted by Crippen LogP contribution is 2.37. The van der Waals surface area contributed by atoms with Crippen LogP contribution in [0.25, 0.3) is 22.5 Å². The summed E-state index contributed by atoms with van der Waals surface area (Å²) in [6, 6.07) is 12.4. The lowest BCUT2D eigenvalue weighted by molar-refractivity contribution is 0.234. The maximum absolute atomic E-state index is 13.9. The monoisotopic (exact) mass is 513 g/mol. The number of tetrazole rings is 1. The zero-order valence-corrected chi connectivity index (χ0v) is 22.8. The third kappa shape index (κ3) is 5.64. The standard InChI is InChI=1S/C30H39N7O/c1-4-5-12-26-20-37(28-14-8-6-7-13-27(28)21(2)3)30(38)36(26)19-25-18-23(15-16-31-25)22-10-9-11-24(17-22)29-32-34-35-33-29/h9-11,15-18,20-21,27-28H,4-8,12-14,19H2,1-3H3,(H,32,33,34,35). The molecule has 200 valence electrons. The van der Waals surface area contributed by atoms with Gasteiger partial charge in [-0.1, -0.05) is 64.7 Å². The fourth-order valence-corrected chi connectivity index (χ4v) is 5.98. The zero-order valence-electron chi connectivity index (χ0n) is 22.8. The summed E-state index contributed by atoms with van der Waals surface area (Å²) in [5, 5.41) is 14.4. The first-order valence-corrected chi connectivity index (χ1v) is 14.1. The molecule has 1 aromatic carbocycles. The van der Waals surface area contributed by atoms with Gasteiger partial charge in [0.1, 0.15) is 0 Å². The number of benzene rings is 1. The van der Waals surface area contributed by atoms with E-state index in [-0.39, 0.29) is 11.7 Å². The van der Waals surface area contributed by atoms with E-state index in [1.54, 1.807) is 0 Å². The fourth-order valence-electron chi connectivity index (χ4n) is 5.98. The zero-order chi connectivity index (χ0) is 26.5. The van der Waals surface area contributed by atoms with E-state index in [1.807, 2.05) is 29.0 Å². The number of nitrogens with one attached hydrogen (secondary N) is 1. The first kappa shape index (κ1) is 26.1. The molecule has 4 aromatic rings. The Hall–Kier alpha value is -3.55. The van der Waals surface area contributed by atoms with Gasteiger partial charge in [0.15, 0.2) is 0 Å². The Bertz CT molecular complexity index is 1390. The number of hydrogen-bond donors (Lipinski definition) is 1.